The molecular weight excluding hydrogens is 304 g/mol. The third-order valence-electron chi connectivity index (χ3n) is 3.39. The molecule has 0 saturated carbocycles. The Hall–Kier alpha value is -2.26. The third-order valence-corrected chi connectivity index (χ3v) is 3.70. The van der Waals surface area contributed by atoms with Crippen LogP contribution in [0.2, 0.25) is 0 Å². The quantitative estimate of drug-likeness (QED) is 0.587. The molecule has 0 unspecified atom stereocenters. The third kappa shape index (κ3) is 2.72. The van der Waals surface area contributed by atoms with Crippen LogP contribution in [0.5, 0.6) is 0 Å². The van der Waals surface area contributed by atoms with Crippen LogP contribution in [0.3, 0.4) is 0 Å². The van der Waals surface area contributed by atoms with E-state index in [1.54, 1.807) is 48.7 Å². The molecule has 0 amide bonds. The van der Waals surface area contributed by atoms with Gasteiger partial charge in [0.25, 0.3) is 0 Å². The Labute approximate surface area is 132 Å². The number of hydrogen-bond acceptors (Lipinski definition) is 1. The van der Waals surface area contributed by atoms with Crippen molar-refractivity contribution in [1.29, 1.82) is 0 Å². The molecule has 0 aliphatic carbocycles. The van der Waals surface area contributed by atoms with E-state index >= 15 is 0 Å². The monoisotopic (exact) mass is 315 g/mol. The number of alkyl halides is 1. The molecule has 0 aliphatic heterocycles. The maximum absolute atomic E-state index is 14.2. The van der Waals surface area contributed by atoms with Gasteiger partial charge in [-0.05, 0) is 29.8 Å². The number of rotatable bonds is 3. The van der Waals surface area contributed by atoms with Crippen LogP contribution in [0.4, 0.5) is 8.78 Å². The van der Waals surface area contributed by atoms with E-state index in [-0.39, 0.29) is 11.7 Å². The minimum atomic E-state index is -0.397. The van der Waals surface area contributed by atoms with E-state index in [1.165, 1.54) is 12.1 Å². The molecule has 3 rings (SSSR count). The van der Waals surface area contributed by atoms with Crippen molar-refractivity contribution in [2.24, 2.45) is 0 Å². The lowest BCUT2D eigenvalue weighted by molar-refractivity contribution is 0.628. The van der Waals surface area contributed by atoms with Gasteiger partial charge in [0.15, 0.2) is 0 Å². The normalized spacial score (nSPS) is 10.7. The van der Waals surface area contributed by atoms with Crippen molar-refractivity contribution in [3.63, 3.8) is 0 Å². The van der Waals surface area contributed by atoms with Crippen LogP contribution in [-0.4, -0.2) is 4.98 Å². The molecule has 1 aromatic heterocycles. The molecular formula is C18H12ClF2N. The Balaban J connectivity index is 2.28. The summed E-state index contributed by atoms with van der Waals surface area (Å²) in [6, 6.07) is 14.4. The minimum absolute atomic E-state index is 0.256. The summed E-state index contributed by atoms with van der Waals surface area (Å²) in [5.74, 6) is -0.522. The molecule has 0 fully saturated rings. The molecule has 1 nitrogen and oxygen atoms in total. The Kier molecular flexibility index (Phi) is 4.16. The van der Waals surface area contributed by atoms with Crippen LogP contribution in [0, 0.1) is 11.6 Å². The average Bonchev–Trinajstić information content (AvgIpc) is 2.55. The fourth-order valence-electron chi connectivity index (χ4n) is 2.33. The summed E-state index contributed by atoms with van der Waals surface area (Å²) in [5.41, 5.74) is 2.39. The SMILES string of the molecule is Fc1ccccc1-c1cc(CCl)cnc1-c1ccccc1F. The van der Waals surface area contributed by atoms with Crippen LogP contribution in [0.15, 0.2) is 60.8 Å². The first-order chi connectivity index (χ1) is 10.7. The van der Waals surface area contributed by atoms with Gasteiger partial charge in [-0.1, -0.05) is 30.3 Å². The van der Waals surface area contributed by atoms with Crippen molar-refractivity contribution in [3.8, 4) is 22.4 Å². The highest BCUT2D eigenvalue weighted by Crippen LogP contribution is 2.34. The summed E-state index contributed by atoms with van der Waals surface area (Å²) in [6.45, 7) is 0. The summed E-state index contributed by atoms with van der Waals surface area (Å²) in [4.78, 5) is 4.31. The predicted molar refractivity (Wildman–Crippen MR) is 84.6 cm³/mol. The molecule has 22 heavy (non-hydrogen) atoms. The highest BCUT2D eigenvalue weighted by molar-refractivity contribution is 6.17. The topological polar surface area (TPSA) is 12.9 Å². The molecule has 0 aliphatic rings. The van der Waals surface area contributed by atoms with Crippen LogP contribution < -0.4 is 0 Å². The van der Waals surface area contributed by atoms with Crippen molar-refractivity contribution in [2.45, 2.75) is 5.88 Å². The Morgan fingerprint density at radius 3 is 2.00 bits per heavy atom. The van der Waals surface area contributed by atoms with Gasteiger partial charge < -0.3 is 0 Å². The molecule has 0 bridgehead atoms. The Morgan fingerprint density at radius 1 is 0.818 bits per heavy atom. The van der Waals surface area contributed by atoms with E-state index in [2.05, 4.69) is 4.98 Å². The molecule has 0 radical (unpaired) electrons. The number of aromatic nitrogens is 1. The first kappa shape index (κ1) is 14.7. The first-order valence-corrected chi connectivity index (χ1v) is 7.29. The lowest BCUT2D eigenvalue weighted by Gasteiger charge is -2.12. The molecule has 3 aromatic rings. The Morgan fingerprint density at radius 2 is 1.41 bits per heavy atom. The molecule has 2 aromatic carbocycles. The highest BCUT2D eigenvalue weighted by Gasteiger charge is 2.15. The van der Waals surface area contributed by atoms with Crippen molar-refractivity contribution >= 4 is 11.6 Å². The molecule has 110 valence electrons. The molecule has 0 N–H and O–H groups in total. The molecule has 0 saturated heterocycles. The van der Waals surface area contributed by atoms with Gasteiger partial charge in [0.1, 0.15) is 11.6 Å². The summed E-state index contributed by atoms with van der Waals surface area (Å²) in [7, 11) is 0. The zero-order valence-corrected chi connectivity index (χ0v) is 12.3. The number of hydrogen-bond donors (Lipinski definition) is 0. The van der Waals surface area contributed by atoms with E-state index < -0.39 is 5.82 Å². The van der Waals surface area contributed by atoms with Gasteiger partial charge in [0.05, 0.1) is 5.69 Å². The molecule has 4 heteroatoms. The van der Waals surface area contributed by atoms with Crippen molar-refractivity contribution in [2.75, 3.05) is 0 Å². The van der Waals surface area contributed by atoms with E-state index in [0.717, 1.165) is 5.56 Å². The van der Waals surface area contributed by atoms with E-state index in [1.807, 2.05) is 0 Å². The van der Waals surface area contributed by atoms with Gasteiger partial charge in [0.2, 0.25) is 0 Å². The van der Waals surface area contributed by atoms with Crippen LogP contribution >= 0.6 is 11.6 Å². The van der Waals surface area contributed by atoms with Gasteiger partial charge in [-0.3, -0.25) is 4.98 Å². The fourth-order valence-corrected chi connectivity index (χ4v) is 2.48. The smallest absolute Gasteiger partial charge is 0.132 e. The van der Waals surface area contributed by atoms with Gasteiger partial charge in [-0.15, -0.1) is 11.6 Å². The lowest BCUT2D eigenvalue weighted by Crippen LogP contribution is -1.96. The fraction of sp³-hybridized carbons (Fsp3) is 0.0556. The molecule has 0 spiro atoms. The number of nitrogens with zero attached hydrogens (tertiary/aromatic N) is 1. The lowest BCUT2D eigenvalue weighted by atomic mass is 9.97. The van der Waals surface area contributed by atoms with E-state index in [9.17, 15) is 8.78 Å². The largest absolute Gasteiger partial charge is 0.255 e. The number of halogens is 3. The first-order valence-electron chi connectivity index (χ1n) is 6.75. The standard InChI is InChI=1S/C18H12ClF2N/c19-10-12-9-15(13-5-1-3-7-16(13)20)18(22-11-12)14-6-2-4-8-17(14)21/h1-9,11H,10H2. The summed E-state index contributed by atoms with van der Waals surface area (Å²) >= 11 is 5.85. The number of pyridine rings is 1. The van der Waals surface area contributed by atoms with Gasteiger partial charge >= 0.3 is 0 Å². The number of benzene rings is 2. The maximum atomic E-state index is 14.2. The summed E-state index contributed by atoms with van der Waals surface area (Å²) < 4.78 is 28.2. The van der Waals surface area contributed by atoms with Crippen molar-refractivity contribution in [1.82, 2.24) is 4.98 Å². The average molecular weight is 316 g/mol. The van der Waals surface area contributed by atoms with E-state index in [0.29, 0.717) is 22.4 Å². The van der Waals surface area contributed by atoms with Crippen LogP contribution in [-0.2, 0) is 5.88 Å². The molecule has 1 heterocycles. The van der Waals surface area contributed by atoms with Crippen molar-refractivity contribution < 1.29 is 8.78 Å². The Bertz CT molecular complexity index is 818. The summed E-state index contributed by atoms with van der Waals surface area (Å²) in [5, 5.41) is 0. The maximum Gasteiger partial charge on any atom is 0.132 e. The second-order valence-corrected chi connectivity index (χ2v) is 5.10. The molecule has 0 atom stereocenters. The second kappa shape index (κ2) is 6.24. The predicted octanol–water partition coefficient (Wildman–Crippen LogP) is 5.43. The van der Waals surface area contributed by atoms with Crippen LogP contribution in [0.25, 0.3) is 22.4 Å². The van der Waals surface area contributed by atoms with Crippen LogP contribution in [0.1, 0.15) is 5.56 Å². The summed E-state index contributed by atoms with van der Waals surface area (Å²) in [6.07, 6.45) is 1.58. The second-order valence-electron chi connectivity index (χ2n) is 4.83. The van der Waals surface area contributed by atoms with Gasteiger partial charge in [-0.25, -0.2) is 8.78 Å². The highest BCUT2D eigenvalue weighted by atomic mass is 35.5. The van der Waals surface area contributed by atoms with Crippen molar-refractivity contribution in [3.05, 3.63) is 78.0 Å². The zero-order valence-electron chi connectivity index (χ0n) is 11.6. The zero-order chi connectivity index (χ0) is 15.5. The minimum Gasteiger partial charge on any atom is -0.255 e. The van der Waals surface area contributed by atoms with Gasteiger partial charge in [-0.2, -0.15) is 0 Å². The van der Waals surface area contributed by atoms with Gasteiger partial charge in [0, 0.05) is 28.8 Å². The van der Waals surface area contributed by atoms with E-state index in [4.69, 9.17) is 11.6 Å².